The maximum Gasteiger partial charge on any atom is 0.267 e. The summed E-state index contributed by atoms with van der Waals surface area (Å²) < 4.78 is 10.7. The van der Waals surface area contributed by atoms with Crippen molar-refractivity contribution in [1.29, 1.82) is 0 Å². The molecule has 0 saturated carbocycles. The molecule has 0 saturated heterocycles. The van der Waals surface area contributed by atoms with Crippen molar-refractivity contribution < 1.29 is 9.47 Å². The third-order valence-electron chi connectivity index (χ3n) is 2.28. The Morgan fingerprint density at radius 1 is 1.17 bits per heavy atom. The second-order valence-electron chi connectivity index (χ2n) is 3.52. The van der Waals surface area contributed by atoms with E-state index in [1.165, 1.54) is 13.4 Å². The summed E-state index contributed by atoms with van der Waals surface area (Å²) >= 11 is 11.8. The Balaban J connectivity index is 2.34. The Morgan fingerprint density at radius 2 is 1.94 bits per heavy atom. The maximum atomic E-state index is 5.94. The highest BCUT2D eigenvalue weighted by atomic mass is 35.5. The zero-order valence-electron chi connectivity index (χ0n) is 9.78. The second kappa shape index (κ2) is 5.42. The van der Waals surface area contributed by atoms with E-state index < -0.39 is 0 Å². The van der Waals surface area contributed by atoms with Crippen molar-refractivity contribution in [3.63, 3.8) is 0 Å². The predicted octanol–water partition coefficient (Wildman–Crippen LogP) is 3.89. The molecule has 0 amide bonds. The van der Waals surface area contributed by atoms with Crippen LogP contribution in [0.1, 0.15) is 5.56 Å². The molecule has 0 atom stereocenters. The molecule has 4 nitrogen and oxygen atoms in total. The third-order valence-corrected chi connectivity index (χ3v) is 2.97. The third kappa shape index (κ3) is 2.66. The molecule has 0 radical (unpaired) electrons. The van der Waals surface area contributed by atoms with E-state index in [9.17, 15) is 0 Å². The van der Waals surface area contributed by atoms with Crippen LogP contribution in [-0.4, -0.2) is 17.1 Å². The minimum Gasteiger partial charge on any atom is -0.489 e. The molecular weight excluding hydrogens is 275 g/mol. The molecule has 0 bridgehead atoms. The summed E-state index contributed by atoms with van der Waals surface area (Å²) in [5, 5.41) is 0.878. The Labute approximate surface area is 114 Å². The number of ether oxygens (including phenoxy) is 2. The lowest BCUT2D eigenvalue weighted by molar-refractivity contribution is 0.367. The van der Waals surface area contributed by atoms with E-state index in [2.05, 4.69) is 9.97 Å². The first-order chi connectivity index (χ1) is 8.61. The molecule has 0 fully saturated rings. The van der Waals surface area contributed by atoms with E-state index >= 15 is 0 Å². The van der Waals surface area contributed by atoms with Gasteiger partial charge in [0.05, 0.1) is 7.11 Å². The molecule has 1 aromatic heterocycles. The number of aromatic nitrogens is 2. The van der Waals surface area contributed by atoms with Gasteiger partial charge in [0.1, 0.15) is 12.1 Å². The highest BCUT2D eigenvalue weighted by Crippen LogP contribution is 2.34. The molecule has 2 aromatic rings. The van der Waals surface area contributed by atoms with Crippen molar-refractivity contribution in [2.45, 2.75) is 6.92 Å². The number of nitrogens with zero attached hydrogens (tertiary/aromatic N) is 2. The van der Waals surface area contributed by atoms with Gasteiger partial charge in [-0.1, -0.05) is 23.2 Å². The lowest BCUT2D eigenvalue weighted by Crippen LogP contribution is -1.95. The maximum absolute atomic E-state index is 5.94. The quantitative estimate of drug-likeness (QED) is 0.802. The topological polar surface area (TPSA) is 44.2 Å². The lowest BCUT2D eigenvalue weighted by Gasteiger charge is -2.10. The van der Waals surface area contributed by atoms with Gasteiger partial charge in [-0.3, -0.25) is 0 Å². The highest BCUT2D eigenvalue weighted by molar-refractivity contribution is 6.31. The smallest absolute Gasteiger partial charge is 0.267 e. The fraction of sp³-hybridized carbons (Fsp3) is 0.167. The van der Waals surface area contributed by atoms with Gasteiger partial charge in [0, 0.05) is 5.02 Å². The molecule has 0 N–H and O–H groups in total. The monoisotopic (exact) mass is 284 g/mol. The Hall–Kier alpha value is -1.52. The van der Waals surface area contributed by atoms with Gasteiger partial charge < -0.3 is 9.47 Å². The predicted molar refractivity (Wildman–Crippen MR) is 69.9 cm³/mol. The van der Waals surface area contributed by atoms with E-state index in [0.29, 0.717) is 16.5 Å². The Kier molecular flexibility index (Phi) is 3.89. The van der Waals surface area contributed by atoms with Crippen LogP contribution in [0.4, 0.5) is 0 Å². The van der Waals surface area contributed by atoms with E-state index in [0.717, 1.165) is 5.56 Å². The van der Waals surface area contributed by atoms with Crippen LogP contribution in [-0.2, 0) is 0 Å². The van der Waals surface area contributed by atoms with Crippen LogP contribution in [0.15, 0.2) is 24.5 Å². The number of methoxy groups -OCH3 is 1. The number of hydrogen-bond donors (Lipinski definition) is 0. The van der Waals surface area contributed by atoms with E-state index in [4.69, 9.17) is 32.7 Å². The van der Waals surface area contributed by atoms with Crippen molar-refractivity contribution in [2.24, 2.45) is 0 Å². The number of benzene rings is 1. The summed E-state index contributed by atoms with van der Waals surface area (Å²) in [4.78, 5) is 7.79. The molecule has 94 valence electrons. The van der Waals surface area contributed by atoms with Gasteiger partial charge in [-0.15, -0.1) is 0 Å². The van der Waals surface area contributed by atoms with Gasteiger partial charge in [-0.05, 0) is 30.7 Å². The first-order valence-corrected chi connectivity index (χ1v) is 5.86. The first kappa shape index (κ1) is 12.9. The molecular formula is C12H10Cl2N2O2. The summed E-state index contributed by atoms with van der Waals surface area (Å²) in [6.07, 6.45) is 1.31. The van der Waals surface area contributed by atoms with Crippen LogP contribution in [0.25, 0.3) is 0 Å². The van der Waals surface area contributed by atoms with Crippen molar-refractivity contribution in [1.82, 2.24) is 9.97 Å². The van der Waals surface area contributed by atoms with Gasteiger partial charge in [-0.2, -0.15) is 4.98 Å². The molecule has 2 rings (SSSR count). The second-order valence-corrected chi connectivity index (χ2v) is 4.28. The Bertz CT molecular complexity index is 576. The standard InChI is InChI=1S/C12H10Cl2N2O2/c1-7-5-8(3-4-9(7)13)18-12-10(17-2)11(14)15-6-16-12/h3-6H,1-2H3. The number of aryl methyl sites for hydroxylation is 1. The molecule has 0 spiro atoms. The summed E-state index contributed by atoms with van der Waals surface area (Å²) in [6.45, 7) is 1.89. The van der Waals surface area contributed by atoms with Crippen molar-refractivity contribution in [2.75, 3.05) is 7.11 Å². The minimum absolute atomic E-state index is 0.202. The van der Waals surface area contributed by atoms with Crippen LogP contribution in [0.3, 0.4) is 0 Å². The summed E-state index contributed by atoms with van der Waals surface area (Å²) in [5.74, 6) is 1.16. The molecule has 0 aliphatic carbocycles. The number of hydrogen-bond acceptors (Lipinski definition) is 4. The van der Waals surface area contributed by atoms with Gasteiger partial charge in [0.15, 0.2) is 5.15 Å². The van der Waals surface area contributed by atoms with Crippen LogP contribution >= 0.6 is 23.2 Å². The molecule has 1 aromatic carbocycles. The normalized spacial score (nSPS) is 10.2. The molecule has 0 unspecified atom stereocenters. The Morgan fingerprint density at radius 3 is 2.61 bits per heavy atom. The number of rotatable bonds is 3. The molecule has 1 heterocycles. The van der Waals surface area contributed by atoms with Gasteiger partial charge in [0.2, 0.25) is 5.75 Å². The van der Waals surface area contributed by atoms with Crippen molar-refractivity contribution >= 4 is 23.2 Å². The molecule has 6 heteroatoms. The van der Waals surface area contributed by atoms with Gasteiger partial charge >= 0.3 is 0 Å². The molecule has 0 aliphatic rings. The molecule has 18 heavy (non-hydrogen) atoms. The minimum atomic E-state index is 0.202. The fourth-order valence-electron chi connectivity index (χ4n) is 1.37. The first-order valence-electron chi connectivity index (χ1n) is 5.10. The number of halogens is 2. The largest absolute Gasteiger partial charge is 0.489 e. The van der Waals surface area contributed by atoms with Gasteiger partial charge in [-0.25, -0.2) is 4.98 Å². The zero-order chi connectivity index (χ0) is 13.1. The van der Waals surface area contributed by atoms with Gasteiger partial charge in [0.25, 0.3) is 5.88 Å². The highest BCUT2D eigenvalue weighted by Gasteiger charge is 2.12. The van der Waals surface area contributed by atoms with Crippen LogP contribution in [0, 0.1) is 6.92 Å². The lowest BCUT2D eigenvalue weighted by atomic mass is 10.2. The molecule has 0 aliphatic heterocycles. The average Bonchev–Trinajstić information content (AvgIpc) is 2.34. The van der Waals surface area contributed by atoms with E-state index in [1.54, 1.807) is 18.2 Å². The zero-order valence-corrected chi connectivity index (χ0v) is 11.3. The van der Waals surface area contributed by atoms with E-state index in [1.807, 2.05) is 6.92 Å². The van der Waals surface area contributed by atoms with Crippen LogP contribution in [0.2, 0.25) is 10.2 Å². The van der Waals surface area contributed by atoms with Crippen LogP contribution in [0.5, 0.6) is 17.4 Å². The van der Waals surface area contributed by atoms with E-state index in [-0.39, 0.29) is 11.0 Å². The van der Waals surface area contributed by atoms with Crippen molar-refractivity contribution in [3.8, 4) is 17.4 Å². The summed E-state index contributed by atoms with van der Waals surface area (Å²) in [5.41, 5.74) is 0.910. The summed E-state index contributed by atoms with van der Waals surface area (Å²) in [7, 11) is 1.48. The van der Waals surface area contributed by atoms with Crippen LogP contribution < -0.4 is 9.47 Å². The van der Waals surface area contributed by atoms with Crippen molar-refractivity contribution in [3.05, 3.63) is 40.3 Å². The SMILES string of the molecule is COc1c(Cl)ncnc1Oc1ccc(Cl)c(C)c1. The average molecular weight is 285 g/mol. The summed E-state index contributed by atoms with van der Waals surface area (Å²) in [6, 6.07) is 5.30. The fourth-order valence-corrected chi connectivity index (χ4v) is 1.69.